The summed E-state index contributed by atoms with van der Waals surface area (Å²) in [7, 11) is 0. The summed E-state index contributed by atoms with van der Waals surface area (Å²) in [5, 5.41) is 0. The molecule has 72 valence electrons. The maximum absolute atomic E-state index is 4.41. The lowest BCUT2D eigenvalue weighted by atomic mass is 10.1. The fourth-order valence-corrected chi connectivity index (χ4v) is 1.11. The van der Waals surface area contributed by atoms with Crippen molar-refractivity contribution >= 4 is 0 Å². The first-order chi connectivity index (χ1) is 6.15. The van der Waals surface area contributed by atoms with Crippen molar-refractivity contribution in [3.05, 3.63) is 23.8 Å². The monoisotopic (exact) mass is 178 g/mol. The Labute approximate surface area is 80.4 Å². The van der Waals surface area contributed by atoms with Crippen LogP contribution in [0.2, 0.25) is 0 Å². The minimum absolute atomic E-state index is 0.471. The van der Waals surface area contributed by atoms with E-state index < -0.39 is 0 Å². The van der Waals surface area contributed by atoms with E-state index in [1.807, 2.05) is 12.4 Å². The predicted octanol–water partition coefficient (Wildman–Crippen LogP) is 3.11. The second-order valence-corrected chi connectivity index (χ2v) is 3.83. The first-order valence-corrected chi connectivity index (χ1v) is 4.97. The minimum atomic E-state index is 0.471. The summed E-state index contributed by atoms with van der Waals surface area (Å²) in [6.07, 6.45) is 4.92. The van der Waals surface area contributed by atoms with Crippen LogP contribution in [-0.4, -0.2) is 9.97 Å². The number of aromatic nitrogens is 2. The van der Waals surface area contributed by atoms with Crippen molar-refractivity contribution in [2.45, 2.75) is 46.0 Å². The van der Waals surface area contributed by atoms with Crippen molar-refractivity contribution in [1.82, 2.24) is 9.97 Å². The Kier molecular flexibility index (Phi) is 3.40. The van der Waals surface area contributed by atoms with Crippen molar-refractivity contribution in [3.63, 3.8) is 0 Å². The highest BCUT2D eigenvalue weighted by Gasteiger charge is 2.06. The summed E-state index contributed by atoms with van der Waals surface area (Å²) in [6.45, 7) is 8.61. The summed E-state index contributed by atoms with van der Waals surface area (Å²) in [4.78, 5) is 8.79. The quantitative estimate of drug-likeness (QED) is 0.710. The van der Waals surface area contributed by atoms with Crippen LogP contribution in [0, 0.1) is 0 Å². The molecule has 1 unspecified atom stereocenters. The molecule has 0 aromatic carbocycles. The summed E-state index contributed by atoms with van der Waals surface area (Å²) in [5.41, 5.74) is 2.18. The summed E-state index contributed by atoms with van der Waals surface area (Å²) in [5.74, 6) is 0.993. The Bertz CT molecular complexity index is 251. The third-order valence-corrected chi connectivity index (χ3v) is 2.40. The number of hydrogen-bond donors (Lipinski definition) is 0. The lowest BCUT2D eigenvalue weighted by molar-refractivity contribution is 0.693. The van der Waals surface area contributed by atoms with Gasteiger partial charge in [-0.1, -0.05) is 27.7 Å². The van der Waals surface area contributed by atoms with Gasteiger partial charge in [-0.25, -0.2) is 0 Å². The number of nitrogens with zero attached hydrogens (tertiary/aromatic N) is 2. The molecule has 0 aliphatic rings. The van der Waals surface area contributed by atoms with Gasteiger partial charge in [-0.2, -0.15) is 0 Å². The SMILES string of the molecule is CCC(C)c1cnc(C(C)C)cn1. The van der Waals surface area contributed by atoms with Gasteiger partial charge in [-0.05, 0) is 18.3 Å². The van der Waals surface area contributed by atoms with E-state index in [2.05, 4.69) is 37.7 Å². The normalized spacial score (nSPS) is 13.3. The van der Waals surface area contributed by atoms with Crippen molar-refractivity contribution < 1.29 is 0 Å². The molecule has 0 spiro atoms. The van der Waals surface area contributed by atoms with Gasteiger partial charge in [0.25, 0.3) is 0 Å². The van der Waals surface area contributed by atoms with Crippen molar-refractivity contribution in [3.8, 4) is 0 Å². The molecular formula is C11H18N2. The van der Waals surface area contributed by atoms with Crippen LogP contribution in [0.15, 0.2) is 12.4 Å². The standard InChI is InChI=1S/C11H18N2/c1-5-9(4)11-7-12-10(6-13-11)8(2)3/h6-9H,5H2,1-4H3. The van der Waals surface area contributed by atoms with Gasteiger partial charge in [-0.3, -0.25) is 9.97 Å². The van der Waals surface area contributed by atoms with Gasteiger partial charge in [0.15, 0.2) is 0 Å². The highest BCUT2D eigenvalue weighted by Crippen LogP contribution is 2.16. The predicted molar refractivity (Wildman–Crippen MR) is 54.8 cm³/mol. The van der Waals surface area contributed by atoms with Crippen LogP contribution in [-0.2, 0) is 0 Å². The zero-order valence-corrected chi connectivity index (χ0v) is 8.91. The molecule has 0 N–H and O–H groups in total. The molecule has 0 radical (unpaired) electrons. The average Bonchev–Trinajstić information content (AvgIpc) is 2.17. The van der Waals surface area contributed by atoms with E-state index in [0.29, 0.717) is 11.8 Å². The molecule has 0 bridgehead atoms. The van der Waals surface area contributed by atoms with Crippen LogP contribution >= 0.6 is 0 Å². The van der Waals surface area contributed by atoms with E-state index in [9.17, 15) is 0 Å². The molecule has 1 atom stereocenters. The fraction of sp³-hybridized carbons (Fsp3) is 0.636. The van der Waals surface area contributed by atoms with E-state index in [1.54, 1.807) is 0 Å². The molecule has 0 saturated heterocycles. The van der Waals surface area contributed by atoms with Gasteiger partial charge in [0.2, 0.25) is 0 Å². The Balaban J connectivity index is 2.81. The van der Waals surface area contributed by atoms with Crippen LogP contribution in [0.3, 0.4) is 0 Å². The molecule has 2 nitrogen and oxygen atoms in total. The van der Waals surface area contributed by atoms with Crippen molar-refractivity contribution in [2.75, 3.05) is 0 Å². The Morgan fingerprint density at radius 1 is 1.08 bits per heavy atom. The van der Waals surface area contributed by atoms with Crippen molar-refractivity contribution in [2.24, 2.45) is 0 Å². The maximum Gasteiger partial charge on any atom is 0.0614 e. The molecule has 1 rings (SSSR count). The van der Waals surface area contributed by atoms with E-state index in [4.69, 9.17) is 0 Å². The number of hydrogen-bond acceptors (Lipinski definition) is 2. The van der Waals surface area contributed by atoms with Crippen LogP contribution in [0.25, 0.3) is 0 Å². The Morgan fingerprint density at radius 3 is 2.00 bits per heavy atom. The van der Waals surface area contributed by atoms with Crippen LogP contribution in [0.1, 0.15) is 57.3 Å². The highest BCUT2D eigenvalue weighted by molar-refractivity contribution is 5.08. The van der Waals surface area contributed by atoms with Gasteiger partial charge in [0, 0.05) is 12.4 Å². The van der Waals surface area contributed by atoms with Crippen LogP contribution in [0.4, 0.5) is 0 Å². The maximum atomic E-state index is 4.41. The van der Waals surface area contributed by atoms with Gasteiger partial charge < -0.3 is 0 Å². The first kappa shape index (κ1) is 10.2. The van der Waals surface area contributed by atoms with E-state index in [0.717, 1.165) is 17.8 Å². The lowest BCUT2D eigenvalue weighted by Crippen LogP contribution is -2.00. The van der Waals surface area contributed by atoms with Crippen LogP contribution in [0.5, 0.6) is 0 Å². The zero-order chi connectivity index (χ0) is 9.84. The molecule has 0 aliphatic carbocycles. The van der Waals surface area contributed by atoms with E-state index >= 15 is 0 Å². The molecule has 13 heavy (non-hydrogen) atoms. The second kappa shape index (κ2) is 4.35. The summed E-state index contributed by atoms with van der Waals surface area (Å²) in [6, 6.07) is 0. The molecule has 1 aromatic rings. The van der Waals surface area contributed by atoms with E-state index in [1.165, 1.54) is 0 Å². The fourth-order valence-electron chi connectivity index (χ4n) is 1.11. The molecular weight excluding hydrogens is 160 g/mol. The van der Waals surface area contributed by atoms with Gasteiger partial charge in [0.1, 0.15) is 0 Å². The van der Waals surface area contributed by atoms with Gasteiger partial charge in [-0.15, -0.1) is 0 Å². The third kappa shape index (κ3) is 2.51. The van der Waals surface area contributed by atoms with E-state index in [-0.39, 0.29) is 0 Å². The largest absolute Gasteiger partial charge is 0.258 e. The molecule has 0 aliphatic heterocycles. The molecule has 0 saturated carbocycles. The molecule has 1 aromatic heterocycles. The second-order valence-electron chi connectivity index (χ2n) is 3.83. The highest BCUT2D eigenvalue weighted by atomic mass is 14.8. The third-order valence-electron chi connectivity index (χ3n) is 2.40. The molecule has 1 heterocycles. The topological polar surface area (TPSA) is 25.8 Å². The Hall–Kier alpha value is -0.920. The Morgan fingerprint density at radius 2 is 1.62 bits per heavy atom. The molecule has 0 fully saturated rings. The van der Waals surface area contributed by atoms with Crippen LogP contribution < -0.4 is 0 Å². The average molecular weight is 178 g/mol. The molecule has 0 amide bonds. The van der Waals surface area contributed by atoms with Gasteiger partial charge >= 0.3 is 0 Å². The number of rotatable bonds is 3. The van der Waals surface area contributed by atoms with Gasteiger partial charge in [0.05, 0.1) is 11.4 Å². The summed E-state index contributed by atoms with van der Waals surface area (Å²) < 4.78 is 0. The smallest absolute Gasteiger partial charge is 0.0614 e. The first-order valence-electron chi connectivity index (χ1n) is 4.97. The minimum Gasteiger partial charge on any atom is -0.258 e. The zero-order valence-electron chi connectivity index (χ0n) is 8.91. The van der Waals surface area contributed by atoms with Crippen molar-refractivity contribution in [1.29, 1.82) is 0 Å². The lowest BCUT2D eigenvalue weighted by Gasteiger charge is -2.08. The molecule has 2 heteroatoms. The summed E-state index contributed by atoms with van der Waals surface area (Å²) >= 11 is 0.